The molecule has 2 aliphatic rings. The Bertz CT molecular complexity index is 597. The molecular formula is C15H23F3N2O6S. The molecule has 6 unspecified atom stereocenters. The summed E-state index contributed by atoms with van der Waals surface area (Å²) >= 11 is 0.864. The standard InChI is InChI=1S/C15H23F3N2O6S/c1-14(2,3)26-13(23)20(4)12-19-6-7(21)8(22)9(25-11(6)27-12)10(24-5)15(16,17)18/h6-11,21-22H,1-5H3. The topological polar surface area (TPSA) is 101 Å². The summed E-state index contributed by atoms with van der Waals surface area (Å²) in [5.41, 5.74) is -1.77. The number of aliphatic hydroxyl groups excluding tert-OH is 2. The van der Waals surface area contributed by atoms with Gasteiger partial charge in [-0.05, 0) is 20.8 Å². The molecule has 1 amide bonds. The molecule has 0 aromatic rings. The van der Waals surface area contributed by atoms with Crippen LogP contribution in [0.1, 0.15) is 20.8 Å². The van der Waals surface area contributed by atoms with Crippen molar-refractivity contribution >= 4 is 23.0 Å². The predicted molar refractivity (Wildman–Crippen MR) is 90.3 cm³/mol. The molecule has 2 rings (SSSR count). The van der Waals surface area contributed by atoms with Crippen molar-refractivity contribution in [2.45, 2.75) is 68.4 Å². The molecule has 0 aliphatic carbocycles. The zero-order valence-electron chi connectivity index (χ0n) is 15.4. The van der Waals surface area contributed by atoms with E-state index >= 15 is 0 Å². The lowest BCUT2D eigenvalue weighted by atomic mass is 9.94. The highest BCUT2D eigenvalue weighted by atomic mass is 32.2. The fraction of sp³-hybridized carbons (Fsp3) is 0.867. The zero-order chi connectivity index (χ0) is 20.7. The molecule has 156 valence electrons. The summed E-state index contributed by atoms with van der Waals surface area (Å²) in [7, 11) is 2.22. The number of aliphatic hydroxyl groups is 2. The molecule has 0 radical (unpaired) electrons. The first-order valence-corrected chi connectivity index (χ1v) is 8.96. The van der Waals surface area contributed by atoms with Crippen molar-refractivity contribution in [1.82, 2.24) is 4.90 Å². The smallest absolute Gasteiger partial charge is 0.417 e. The van der Waals surface area contributed by atoms with Crippen LogP contribution < -0.4 is 0 Å². The van der Waals surface area contributed by atoms with Crippen molar-refractivity contribution in [2.24, 2.45) is 4.99 Å². The van der Waals surface area contributed by atoms with Crippen molar-refractivity contribution in [3.8, 4) is 0 Å². The van der Waals surface area contributed by atoms with Gasteiger partial charge in [0.1, 0.15) is 35.4 Å². The SMILES string of the molecule is COC(C1OC2SC(N(C)C(=O)OC(C)(C)C)=NC2C(O)C1O)C(F)(F)F. The van der Waals surface area contributed by atoms with Gasteiger partial charge >= 0.3 is 12.3 Å². The van der Waals surface area contributed by atoms with Crippen LogP contribution in [0.3, 0.4) is 0 Å². The van der Waals surface area contributed by atoms with E-state index < -0.39 is 53.8 Å². The summed E-state index contributed by atoms with van der Waals surface area (Å²) in [4.78, 5) is 17.3. The molecule has 0 aromatic carbocycles. The third-order valence-electron chi connectivity index (χ3n) is 3.92. The average molecular weight is 416 g/mol. The Morgan fingerprint density at radius 2 is 1.89 bits per heavy atom. The van der Waals surface area contributed by atoms with Crippen molar-refractivity contribution in [1.29, 1.82) is 0 Å². The van der Waals surface area contributed by atoms with Crippen LogP contribution in [-0.4, -0.2) is 88.2 Å². The number of hydrogen-bond acceptors (Lipinski definition) is 8. The summed E-state index contributed by atoms with van der Waals surface area (Å²) in [6.45, 7) is 5.04. The number of hydrogen-bond donors (Lipinski definition) is 2. The molecule has 27 heavy (non-hydrogen) atoms. The number of methoxy groups -OCH3 is 1. The monoisotopic (exact) mass is 416 g/mol. The summed E-state index contributed by atoms with van der Waals surface area (Å²) in [5, 5.41) is 20.4. The van der Waals surface area contributed by atoms with Gasteiger partial charge in [0.15, 0.2) is 11.3 Å². The second-order valence-electron chi connectivity index (χ2n) is 7.21. The van der Waals surface area contributed by atoms with E-state index in [0.29, 0.717) is 0 Å². The van der Waals surface area contributed by atoms with Crippen molar-refractivity contribution < 1.29 is 42.4 Å². The van der Waals surface area contributed by atoms with E-state index in [-0.39, 0.29) is 5.17 Å². The molecule has 8 nitrogen and oxygen atoms in total. The van der Waals surface area contributed by atoms with Crippen LogP contribution in [0.5, 0.6) is 0 Å². The lowest BCUT2D eigenvalue weighted by Crippen LogP contribution is -2.61. The summed E-state index contributed by atoms with van der Waals surface area (Å²) in [6.07, 6.45) is -13.3. The minimum Gasteiger partial charge on any atom is -0.443 e. The fourth-order valence-corrected chi connectivity index (χ4v) is 3.82. The first-order valence-electron chi connectivity index (χ1n) is 8.08. The third-order valence-corrected chi connectivity index (χ3v) is 5.13. The molecule has 2 aliphatic heterocycles. The molecule has 0 aromatic heterocycles. The quantitative estimate of drug-likeness (QED) is 0.701. The third kappa shape index (κ3) is 4.86. The number of rotatable bonds is 2. The number of alkyl halides is 3. The number of aliphatic imine (C=N–C) groups is 1. The zero-order valence-corrected chi connectivity index (χ0v) is 16.2. The summed E-state index contributed by atoms with van der Waals surface area (Å²) in [6, 6.07) is -1.04. The van der Waals surface area contributed by atoms with Crippen molar-refractivity contribution in [2.75, 3.05) is 14.2 Å². The first kappa shape index (κ1) is 22.2. The maximum Gasteiger partial charge on any atom is 0.417 e. The number of nitrogens with zero attached hydrogens (tertiary/aromatic N) is 2. The number of amides is 1. The summed E-state index contributed by atoms with van der Waals surface area (Å²) in [5.74, 6) is 0. The Kier molecular flexibility index (Phi) is 6.37. The van der Waals surface area contributed by atoms with Gasteiger partial charge in [-0.15, -0.1) is 0 Å². The first-order chi connectivity index (χ1) is 12.3. The maximum atomic E-state index is 13.1. The van der Waals surface area contributed by atoms with Gasteiger partial charge in [0, 0.05) is 14.2 Å². The molecular weight excluding hydrogens is 393 g/mol. The Labute approximate surface area is 158 Å². The average Bonchev–Trinajstić information content (AvgIpc) is 2.93. The highest BCUT2D eigenvalue weighted by Crippen LogP contribution is 2.40. The number of halogens is 3. The molecule has 6 atom stereocenters. The predicted octanol–water partition coefficient (Wildman–Crippen LogP) is 1.35. The van der Waals surface area contributed by atoms with Gasteiger partial charge in [0.2, 0.25) is 0 Å². The fourth-order valence-electron chi connectivity index (χ4n) is 2.65. The Morgan fingerprint density at radius 3 is 2.37 bits per heavy atom. The van der Waals surface area contributed by atoms with Gasteiger partial charge in [-0.25, -0.2) is 4.79 Å². The van der Waals surface area contributed by atoms with Crippen LogP contribution in [0.25, 0.3) is 0 Å². The van der Waals surface area contributed by atoms with Gasteiger partial charge in [0.25, 0.3) is 0 Å². The van der Waals surface area contributed by atoms with E-state index in [1.54, 1.807) is 20.8 Å². The largest absolute Gasteiger partial charge is 0.443 e. The molecule has 0 saturated carbocycles. The number of ether oxygens (including phenoxy) is 3. The molecule has 1 saturated heterocycles. The Balaban J connectivity index is 2.16. The van der Waals surface area contributed by atoms with E-state index in [4.69, 9.17) is 9.47 Å². The van der Waals surface area contributed by atoms with Crippen LogP contribution in [0.15, 0.2) is 4.99 Å². The van der Waals surface area contributed by atoms with Gasteiger partial charge in [-0.2, -0.15) is 13.2 Å². The van der Waals surface area contributed by atoms with Gasteiger partial charge < -0.3 is 24.4 Å². The highest BCUT2D eigenvalue weighted by molar-refractivity contribution is 8.14. The van der Waals surface area contributed by atoms with Crippen LogP contribution in [-0.2, 0) is 14.2 Å². The molecule has 0 spiro atoms. The lowest BCUT2D eigenvalue weighted by molar-refractivity contribution is -0.278. The molecule has 0 bridgehead atoms. The second-order valence-corrected chi connectivity index (χ2v) is 8.27. The number of fused-ring (bicyclic) bond motifs is 1. The maximum absolute atomic E-state index is 13.1. The highest BCUT2D eigenvalue weighted by Gasteiger charge is 2.57. The van der Waals surface area contributed by atoms with Gasteiger partial charge in [0.05, 0.1) is 0 Å². The van der Waals surface area contributed by atoms with E-state index in [0.717, 1.165) is 23.8 Å². The van der Waals surface area contributed by atoms with Crippen LogP contribution >= 0.6 is 11.8 Å². The molecule has 2 heterocycles. The molecule has 2 N–H and O–H groups in total. The van der Waals surface area contributed by atoms with Crippen LogP contribution in [0.2, 0.25) is 0 Å². The van der Waals surface area contributed by atoms with Crippen LogP contribution in [0.4, 0.5) is 18.0 Å². The number of carbonyl (C=O) groups is 1. The normalized spacial score (nSPS) is 32.5. The Morgan fingerprint density at radius 1 is 1.30 bits per heavy atom. The minimum atomic E-state index is -4.80. The lowest BCUT2D eigenvalue weighted by Gasteiger charge is -2.41. The molecule has 1 fully saturated rings. The van der Waals surface area contributed by atoms with E-state index in [9.17, 15) is 28.2 Å². The van der Waals surface area contributed by atoms with Crippen molar-refractivity contribution in [3.63, 3.8) is 0 Å². The van der Waals surface area contributed by atoms with Crippen LogP contribution in [0, 0.1) is 0 Å². The van der Waals surface area contributed by atoms with Gasteiger partial charge in [-0.3, -0.25) is 9.89 Å². The van der Waals surface area contributed by atoms with E-state index in [1.165, 1.54) is 7.05 Å². The summed E-state index contributed by atoms with van der Waals surface area (Å²) < 4.78 is 54.3. The van der Waals surface area contributed by atoms with E-state index in [1.807, 2.05) is 0 Å². The van der Waals surface area contributed by atoms with Crippen molar-refractivity contribution in [3.05, 3.63) is 0 Å². The number of thioether (sulfide) groups is 1. The number of carbonyl (C=O) groups excluding carboxylic acids is 1. The minimum absolute atomic E-state index is 0.104. The number of amidine groups is 1. The Hall–Kier alpha value is -1.08. The molecule has 12 heteroatoms. The van der Waals surface area contributed by atoms with E-state index in [2.05, 4.69) is 9.73 Å². The second kappa shape index (κ2) is 7.74. The van der Waals surface area contributed by atoms with Gasteiger partial charge in [-0.1, -0.05) is 11.8 Å².